The number of hydrogen-bond acceptors (Lipinski definition) is 1. The molecule has 0 aliphatic heterocycles. The molecule has 0 aliphatic rings. The van der Waals surface area contributed by atoms with Gasteiger partial charge in [0.05, 0.1) is 6.42 Å². The van der Waals surface area contributed by atoms with E-state index in [1.165, 1.54) is 11.3 Å². The first-order valence-electron chi connectivity index (χ1n) is 3.51. The molecule has 0 spiro atoms. The molecule has 1 aromatic rings. The summed E-state index contributed by atoms with van der Waals surface area (Å²) in [6.45, 7) is 3.66. The lowest BCUT2D eigenvalue weighted by Gasteiger charge is -2.02. The van der Waals surface area contributed by atoms with Crippen LogP contribution in [0.2, 0.25) is 0 Å². The summed E-state index contributed by atoms with van der Waals surface area (Å²) in [5.74, 6) is 0. The van der Waals surface area contributed by atoms with Crippen molar-refractivity contribution in [3.63, 3.8) is 0 Å². The van der Waals surface area contributed by atoms with Gasteiger partial charge in [-0.2, -0.15) is 13.2 Å². The smallest absolute Gasteiger partial charge is 0.171 e. The quantitative estimate of drug-likeness (QED) is 0.642. The van der Waals surface area contributed by atoms with Crippen molar-refractivity contribution in [2.75, 3.05) is 0 Å². The Morgan fingerprint density at radius 1 is 1.33 bits per heavy atom. The van der Waals surface area contributed by atoms with E-state index in [-0.39, 0.29) is 0 Å². The van der Waals surface area contributed by atoms with Crippen molar-refractivity contribution in [2.24, 2.45) is 0 Å². The van der Waals surface area contributed by atoms with E-state index in [4.69, 9.17) is 0 Å². The Balaban J connectivity index is 2.77. The third-order valence-electron chi connectivity index (χ3n) is 1.59. The standard InChI is InChI=1S/C8H9F3S/c1-5-3-7(12-6(5)2)4-8(9,10)11/h3H,4H2,1-2H3. The SMILES string of the molecule is Cc1cc(CC(F)(F)F)sc1C. The number of alkyl halides is 3. The Morgan fingerprint density at radius 2 is 1.92 bits per heavy atom. The van der Waals surface area contributed by atoms with Gasteiger partial charge in [0.1, 0.15) is 0 Å². The fourth-order valence-corrected chi connectivity index (χ4v) is 2.02. The van der Waals surface area contributed by atoms with Crippen molar-refractivity contribution >= 4 is 11.3 Å². The summed E-state index contributed by atoms with van der Waals surface area (Å²) < 4.78 is 35.7. The molecule has 1 heterocycles. The van der Waals surface area contributed by atoms with Gasteiger partial charge in [-0.25, -0.2) is 0 Å². The van der Waals surface area contributed by atoms with Crippen LogP contribution in [-0.2, 0) is 6.42 Å². The number of thiophene rings is 1. The largest absolute Gasteiger partial charge is 0.393 e. The van der Waals surface area contributed by atoms with E-state index in [9.17, 15) is 13.2 Å². The lowest BCUT2D eigenvalue weighted by Crippen LogP contribution is -2.10. The van der Waals surface area contributed by atoms with Gasteiger partial charge in [-0.3, -0.25) is 0 Å². The molecular weight excluding hydrogens is 185 g/mol. The maximum absolute atomic E-state index is 11.9. The number of rotatable bonds is 1. The molecule has 0 radical (unpaired) electrons. The summed E-state index contributed by atoms with van der Waals surface area (Å²) in [6, 6.07) is 1.60. The minimum atomic E-state index is -4.08. The molecule has 12 heavy (non-hydrogen) atoms. The lowest BCUT2D eigenvalue weighted by atomic mass is 10.2. The molecule has 0 atom stereocenters. The minimum absolute atomic E-state index is 0.400. The zero-order chi connectivity index (χ0) is 9.35. The zero-order valence-electron chi connectivity index (χ0n) is 6.83. The Bertz CT molecular complexity index is 253. The topological polar surface area (TPSA) is 0 Å². The number of halogens is 3. The molecule has 0 saturated heterocycles. The fraction of sp³-hybridized carbons (Fsp3) is 0.500. The maximum Gasteiger partial charge on any atom is 0.393 e. The molecule has 0 bridgehead atoms. The van der Waals surface area contributed by atoms with Gasteiger partial charge in [-0.15, -0.1) is 11.3 Å². The molecule has 0 unspecified atom stereocenters. The van der Waals surface area contributed by atoms with Crippen molar-refractivity contribution in [1.29, 1.82) is 0 Å². The second kappa shape index (κ2) is 3.09. The van der Waals surface area contributed by atoms with Crippen LogP contribution < -0.4 is 0 Å². The Hall–Kier alpha value is -0.510. The Kier molecular flexibility index (Phi) is 2.46. The van der Waals surface area contributed by atoms with E-state index >= 15 is 0 Å². The third-order valence-corrected chi connectivity index (χ3v) is 2.74. The fourth-order valence-electron chi connectivity index (χ4n) is 0.934. The van der Waals surface area contributed by atoms with Crippen molar-refractivity contribution in [3.05, 3.63) is 21.4 Å². The van der Waals surface area contributed by atoms with Gasteiger partial charge in [0, 0.05) is 9.75 Å². The van der Waals surface area contributed by atoms with E-state index in [1.807, 2.05) is 13.8 Å². The maximum atomic E-state index is 11.9. The summed E-state index contributed by atoms with van der Waals surface area (Å²) in [5, 5.41) is 0. The first-order valence-corrected chi connectivity index (χ1v) is 4.33. The second-order valence-electron chi connectivity index (χ2n) is 2.74. The molecule has 68 valence electrons. The molecule has 0 N–H and O–H groups in total. The van der Waals surface area contributed by atoms with Gasteiger partial charge >= 0.3 is 6.18 Å². The molecule has 1 aromatic heterocycles. The summed E-state index contributed by atoms with van der Waals surface area (Å²) >= 11 is 1.22. The molecule has 1 rings (SSSR count). The highest BCUT2D eigenvalue weighted by Gasteiger charge is 2.28. The van der Waals surface area contributed by atoms with Crippen LogP contribution in [0.4, 0.5) is 13.2 Å². The molecule has 0 saturated carbocycles. The third kappa shape index (κ3) is 2.52. The van der Waals surface area contributed by atoms with Crippen molar-refractivity contribution in [1.82, 2.24) is 0 Å². The Labute approximate surface area is 73.0 Å². The lowest BCUT2D eigenvalue weighted by molar-refractivity contribution is -0.126. The summed E-state index contributed by atoms with van der Waals surface area (Å²) in [7, 11) is 0. The van der Waals surface area contributed by atoms with Crippen LogP contribution in [0.25, 0.3) is 0 Å². The summed E-state index contributed by atoms with van der Waals surface area (Å²) in [5.41, 5.74) is 0.944. The first kappa shape index (κ1) is 9.58. The van der Waals surface area contributed by atoms with Crippen molar-refractivity contribution in [3.8, 4) is 0 Å². The van der Waals surface area contributed by atoms with E-state index in [1.54, 1.807) is 6.07 Å². The molecule has 0 aromatic carbocycles. The second-order valence-corrected chi connectivity index (χ2v) is 4.08. The number of hydrogen-bond donors (Lipinski definition) is 0. The Morgan fingerprint density at radius 3 is 2.25 bits per heavy atom. The van der Waals surface area contributed by atoms with Crippen LogP contribution in [-0.4, -0.2) is 6.18 Å². The molecule has 4 heteroatoms. The van der Waals surface area contributed by atoms with Gasteiger partial charge < -0.3 is 0 Å². The highest BCUT2D eigenvalue weighted by molar-refractivity contribution is 7.12. The first-order chi connectivity index (χ1) is 5.38. The van der Waals surface area contributed by atoms with Crippen LogP contribution in [0, 0.1) is 13.8 Å². The van der Waals surface area contributed by atoms with Crippen molar-refractivity contribution < 1.29 is 13.2 Å². The van der Waals surface area contributed by atoms with E-state index in [0.29, 0.717) is 4.88 Å². The molecule has 0 fully saturated rings. The van der Waals surface area contributed by atoms with Crippen LogP contribution in [0.5, 0.6) is 0 Å². The van der Waals surface area contributed by atoms with Gasteiger partial charge in [-0.05, 0) is 25.5 Å². The van der Waals surface area contributed by atoms with Gasteiger partial charge in [-0.1, -0.05) is 0 Å². The van der Waals surface area contributed by atoms with E-state index in [2.05, 4.69) is 0 Å². The van der Waals surface area contributed by atoms with Gasteiger partial charge in [0.15, 0.2) is 0 Å². The highest BCUT2D eigenvalue weighted by Crippen LogP contribution is 2.27. The van der Waals surface area contributed by atoms with Crippen molar-refractivity contribution in [2.45, 2.75) is 26.4 Å². The van der Waals surface area contributed by atoms with Gasteiger partial charge in [0.25, 0.3) is 0 Å². The van der Waals surface area contributed by atoms with Crippen LogP contribution in [0.1, 0.15) is 15.3 Å². The van der Waals surface area contributed by atoms with Gasteiger partial charge in [0.2, 0.25) is 0 Å². The van der Waals surface area contributed by atoms with E-state index in [0.717, 1.165) is 10.4 Å². The van der Waals surface area contributed by atoms with Crippen LogP contribution in [0.15, 0.2) is 6.07 Å². The predicted molar refractivity (Wildman–Crippen MR) is 43.6 cm³/mol. The zero-order valence-corrected chi connectivity index (χ0v) is 7.64. The summed E-state index contributed by atoms with van der Waals surface area (Å²) in [6.07, 6.45) is -4.88. The molecule has 0 amide bonds. The van der Waals surface area contributed by atoms with E-state index < -0.39 is 12.6 Å². The molecular formula is C8H9F3S. The highest BCUT2D eigenvalue weighted by atomic mass is 32.1. The minimum Gasteiger partial charge on any atom is -0.171 e. The number of aryl methyl sites for hydroxylation is 2. The normalized spacial score (nSPS) is 12.1. The molecule has 0 nitrogen and oxygen atoms in total. The molecule has 0 aliphatic carbocycles. The average molecular weight is 194 g/mol. The van der Waals surface area contributed by atoms with Crippen LogP contribution >= 0.6 is 11.3 Å². The predicted octanol–water partition coefficient (Wildman–Crippen LogP) is 3.47. The monoisotopic (exact) mass is 194 g/mol. The summed E-state index contributed by atoms with van der Waals surface area (Å²) in [4.78, 5) is 1.37. The van der Waals surface area contributed by atoms with Crippen LogP contribution in [0.3, 0.4) is 0 Å². The average Bonchev–Trinajstić information content (AvgIpc) is 2.07.